The third kappa shape index (κ3) is 4.77. The molecule has 1 aromatic heterocycles. The van der Waals surface area contributed by atoms with Crippen LogP contribution in [-0.4, -0.2) is 60.4 Å². The van der Waals surface area contributed by atoms with Crippen LogP contribution in [0, 0.1) is 0 Å². The van der Waals surface area contributed by atoms with Crippen LogP contribution in [0.2, 0.25) is 0 Å². The lowest BCUT2D eigenvalue weighted by atomic mass is 10.1. The molecule has 0 saturated heterocycles. The first-order chi connectivity index (χ1) is 11.7. The van der Waals surface area contributed by atoms with Crippen LogP contribution in [0.5, 0.6) is 11.5 Å². The molecular weight excluding hydrogens is 312 g/mol. The Morgan fingerprint density at radius 1 is 1.25 bits per heavy atom. The third-order valence-corrected chi connectivity index (χ3v) is 3.25. The van der Waals surface area contributed by atoms with Gasteiger partial charge in [0.15, 0.2) is 0 Å². The molecule has 0 aliphatic heterocycles. The molecule has 1 unspecified atom stereocenters. The van der Waals surface area contributed by atoms with E-state index in [4.69, 9.17) is 14.2 Å². The largest absolute Gasteiger partial charge is 0.497 e. The molecule has 8 nitrogen and oxygen atoms in total. The molecule has 1 aromatic carbocycles. The van der Waals surface area contributed by atoms with Crippen LogP contribution in [0.1, 0.15) is 6.92 Å². The molecule has 8 heteroatoms. The zero-order valence-corrected chi connectivity index (χ0v) is 14.0. The molecule has 2 aromatic rings. The van der Waals surface area contributed by atoms with Crippen LogP contribution in [0.3, 0.4) is 0 Å². The number of hydrogen-bond donors (Lipinski definition) is 2. The van der Waals surface area contributed by atoms with Crippen molar-refractivity contribution in [2.75, 3.05) is 39.3 Å². The van der Waals surface area contributed by atoms with Crippen LogP contribution >= 0.6 is 0 Å². The SMILES string of the molecule is CCOCC(O)CNc1nncc(-c2ccc(OC)cc2OC)n1. The second-order valence-corrected chi connectivity index (χ2v) is 4.93. The van der Waals surface area contributed by atoms with Gasteiger partial charge in [0.2, 0.25) is 5.95 Å². The molecule has 0 aliphatic rings. The molecule has 0 spiro atoms. The number of methoxy groups -OCH3 is 2. The van der Waals surface area contributed by atoms with Crippen LogP contribution < -0.4 is 14.8 Å². The average molecular weight is 334 g/mol. The van der Waals surface area contributed by atoms with E-state index >= 15 is 0 Å². The molecule has 0 bridgehead atoms. The van der Waals surface area contributed by atoms with Crippen LogP contribution in [0.15, 0.2) is 24.4 Å². The molecule has 0 radical (unpaired) electrons. The number of aliphatic hydroxyl groups excluding tert-OH is 1. The van der Waals surface area contributed by atoms with Gasteiger partial charge in [0.05, 0.1) is 38.8 Å². The molecule has 0 fully saturated rings. The minimum atomic E-state index is -0.646. The van der Waals surface area contributed by atoms with E-state index in [1.807, 2.05) is 19.1 Å². The van der Waals surface area contributed by atoms with Crippen molar-refractivity contribution in [2.45, 2.75) is 13.0 Å². The number of aromatic nitrogens is 3. The van der Waals surface area contributed by atoms with Gasteiger partial charge in [-0.05, 0) is 19.1 Å². The Morgan fingerprint density at radius 2 is 2.08 bits per heavy atom. The second kappa shape index (κ2) is 8.99. The van der Waals surface area contributed by atoms with Crippen molar-refractivity contribution in [3.63, 3.8) is 0 Å². The zero-order valence-electron chi connectivity index (χ0n) is 14.0. The van der Waals surface area contributed by atoms with Crippen molar-refractivity contribution in [1.82, 2.24) is 15.2 Å². The van der Waals surface area contributed by atoms with Crippen molar-refractivity contribution in [3.8, 4) is 22.8 Å². The summed E-state index contributed by atoms with van der Waals surface area (Å²) in [5.74, 6) is 1.63. The Labute approximate surface area is 140 Å². The summed E-state index contributed by atoms with van der Waals surface area (Å²) >= 11 is 0. The first-order valence-electron chi connectivity index (χ1n) is 7.59. The lowest BCUT2D eigenvalue weighted by molar-refractivity contribution is 0.0495. The summed E-state index contributed by atoms with van der Waals surface area (Å²) < 4.78 is 15.7. The van der Waals surface area contributed by atoms with Gasteiger partial charge in [-0.2, -0.15) is 5.10 Å². The van der Waals surface area contributed by atoms with Crippen LogP contribution in [0.25, 0.3) is 11.3 Å². The van der Waals surface area contributed by atoms with Gasteiger partial charge in [-0.1, -0.05) is 0 Å². The number of benzene rings is 1. The summed E-state index contributed by atoms with van der Waals surface area (Å²) in [7, 11) is 3.17. The van der Waals surface area contributed by atoms with Crippen LogP contribution in [-0.2, 0) is 4.74 Å². The highest BCUT2D eigenvalue weighted by atomic mass is 16.5. The normalized spacial score (nSPS) is 11.8. The molecule has 1 atom stereocenters. The molecule has 24 heavy (non-hydrogen) atoms. The predicted molar refractivity (Wildman–Crippen MR) is 89.4 cm³/mol. The Kier molecular flexibility index (Phi) is 6.71. The Morgan fingerprint density at radius 3 is 2.79 bits per heavy atom. The monoisotopic (exact) mass is 334 g/mol. The molecular formula is C16H22N4O4. The van der Waals surface area contributed by atoms with Crippen molar-refractivity contribution in [1.29, 1.82) is 0 Å². The van der Waals surface area contributed by atoms with Gasteiger partial charge in [0, 0.05) is 24.8 Å². The quantitative estimate of drug-likeness (QED) is 0.709. The first-order valence-corrected chi connectivity index (χ1v) is 7.59. The topological polar surface area (TPSA) is 98.6 Å². The van der Waals surface area contributed by atoms with E-state index in [2.05, 4.69) is 20.5 Å². The molecule has 2 rings (SSSR count). The van der Waals surface area contributed by atoms with Crippen LogP contribution in [0.4, 0.5) is 5.95 Å². The van der Waals surface area contributed by atoms with Gasteiger partial charge < -0.3 is 24.6 Å². The van der Waals surface area contributed by atoms with Gasteiger partial charge in [-0.15, -0.1) is 5.10 Å². The highest BCUT2D eigenvalue weighted by molar-refractivity contribution is 5.68. The lowest BCUT2D eigenvalue weighted by Gasteiger charge is -2.12. The fourth-order valence-corrected chi connectivity index (χ4v) is 2.04. The van der Waals surface area contributed by atoms with E-state index < -0.39 is 6.10 Å². The number of ether oxygens (including phenoxy) is 3. The van der Waals surface area contributed by atoms with Gasteiger partial charge in [0.1, 0.15) is 11.5 Å². The van der Waals surface area contributed by atoms with Crippen molar-refractivity contribution in [3.05, 3.63) is 24.4 Å². The maximum absolute atomic E-state index is 9.77. The fourth-order valence-electron chi connectivity index (χ4n) is 2.04. The van der Waals surface area contributed by atoms with E-state index in [1.165, 1.54) is 0 Å². The molecule has 0 aliphatic carbocycles. The highest BCUT2D eigenvalue weighted by Crippen LogP contribution is 2.31. The summed E-state index contributed by atoms with van der Waals surface area (Å²) in [6.07, 6.45) is 0.902. The summed E-state index contributed by atoms with van der Waals surface area (Å²) in [5.41, 5.74) is 1.37. The molecule has 0 saturated carbocycles. The predicted octanol–water partition coefficient (Wildman–Crippen LogP) is 1.37. The van der Waals surface area contributed by atoms with E-state index in [0.29, 0.717) is 29.7 Å². The van der Waals surface area contributed by atoms with Gasteiger partial charge in [-0.3, -0.25) is 0 Å². The summed E-state index contributed by atoms with van der Waals surface area (Å²) in [6.45, 7) is 2.95. The van der Waals surface area contributed by atoms with Gasteiger partial charge >= 0.3 is 0 Å². The van der Waals surface area contributed by atoms with Gasteiger partial charge in [0.25, 0.3) is 0 Å². The maximum Gasteiger partial charge on any atom is 0.243 e. The molecule has 130 valence electrons. The van der Waals surface area contributed by atoms with Crippen molar-refractivity contribution >= 4 is 5.95 Å². The zero-order chi connectivity index (χ0) is 17.4. The number of nitrogens with one attached hydrogen (secondary N) is 1. The minimum absolute atomic E-state index is 0.253. The first kappa shape index (κ1) is 17.9. The fraction of sp³-hybridized carbons (Fsp3) is 0.438. The van der Waals surface area contributed by atoms with E-state index in [0.717, 1.165) is 5.56 Å². The lowest BCUT2D eigenvalue weighted by Crippen LogP contribution is -2.25. The summed E-state index contributed by atoms with van der Waals surface area (Å²) in [4.78, 5) is 4.40. The Hall–Kier alpha value is -2.45. The molecule has 1 heterocycles. The van der Waals surface area contributed by atoms with E-state index in [1.54, 1.807) is 26.5 Å². The number of nitrogens with zero attached hydrogens (tertiary/aromatic N) is 3. The highest BCUT2D eigenvalue weighted by Gasteiger charge is 2.11. The number of hydrogen-bond acceptors (Lipinski definition) is 8. The Bertz CT molecular complexity index is 654. The summed E-state index contributed by atoms with van der Waals surface area (Å²) in [5, 5.41) is 20.6. The standard InChI is InChI=1S/C16H22N4O4/c1-4-24-10-11(21)8-17-16-19-14(9-18-20-16)13-6-5-12(22-2)7-15(13)23-3/h5-7,9,11,21H,4,8,10H2,1-3H3,(H,17,19,20). The van der Waals surface area contributed by atoms with E-state index in [9.17, 15) is 5.11 Å². The average Bonchev–Trinajstić information content (AvgIpc) is 2.64. The molecule has 2 N–H and O–H groups in total. The van der Waals surface area contributed by atoms with Gasteiger partial charge in [-0.25, -0.2) is 4.98 Å². The third-order valence-electron chi connectivity index (χ3n) is 3.25. The maximum atomic E-state index is 9.77. The number of anilines is 1. The van der Waals surface area contributed by atoms with E-state index in [-0.39, 0.29) is 13.2 Å². The molecule has 0 amide bonds. The van der Waals surface area contributed by atoms with Crippen molar-refractivity contribution in [2.24, 2.45) is 0 Å². The van der Waals surface area contributed by atoms with Crippen molar-refractivity contribution < 1.29 is 19.3 Å². The smallest absolute Gasteiger partial charge is 0.243 e. The Balaban J connectivity index is 2.12. The second-order valence-electron chi connectivity index (χ2n) is 4.93. The summed E-state index contributed by atoms with van der Waals surface area (Å²) in [6, 6.07) is 5.44. The number of aliphatic hydroxyl groups is 1. The number of rotatable bonds is 9. The minimum Gasteiger partial charge on any atom is -0.497 e.